The molecule has 2 N–H and O–H groups in total. The van der Waals surface area contributed by atoms with Gasteiger partial charge in [0.1, 0.15) is 6.29 Å². The van der Waals surface area contributed by atoms with Crippen LogP contribution in [0.3, 0.4) is 0 Å². The molecule has 8 heteroatoms. The highest BCUT2D eigenvalue weighted by atomic mass is 79.9. The minimum Gasteiger partial charge on any atom is -0.493 e. The average Bonchev–Trinajstić information content (AvgIpc) is 2.48. The van der Waals surface area contributed by atoms with Crippen molar-refractivity contribution < 1.29 is 23.9 Å². The molecule has 0 fully saturated rings. The van der Waals surface area contributed by atoms with Crippen LogP contribution in [-0.2, 0) is 4.79 Å². The molecule has 1 unspecified atom stereocenters. The van der Waals surface area contributed by atoms with Gasteiger partial charge in [0.15, 0.2) is 17.6 Å². The van der Waals surface area contributed by atoms with Gasteiger partial charge in [-0.25, -0.2) is 4.79 Å². The molecule has 0 aliphatic carbocycles. The number of imide groups is 1. The van der Waals surface area contributed by atoms with Crippen LogP contribution in [0.1, 0.15) is 17.3 Å². The van der Waals surface area contributed by atoms with E-state index < -0.39 is 18.0 Å². The smallest absolute Gasteiger partial charge is 0.321 e. The third-order valence-corrected chi connectivity index (χ3v) is 3.10. The van der Waals surface area contributed by atoms with E-state index >= 15 is 0 Å². The molecule has 1 rings (SSSR count). The molecule has 7 nitrogen and oxygen atoms in total. The van der Waals surface area contributed by atoms with E-state index in [1.807, 2.05) is 0 Å². The van der Waals surface area contributed by atoms with E-state index in [0.717, 1.165) is 0 Å². The van der Waals surface area contributed by atoms with Gasteiger partial charge in [-0.05, 0) is 35.0 Å². The number of ether oxygens (including phenoxy) is 2. The van der Waals surface area contributed by atoms with E-state index in [9.17, 15) is 14.4 Å². The van der Waals surface area contributed by atoms with Gasteiger partial charge in [-0.2, -0.15) is 0 Å². The standard InChI is InChI=1S/C13H15BrN2O5/c1-7(12(18)16-13(19)15-2)21-11-9(14)4-8(6-17)5-10(11)20-3/h4-7H,1-3H3,(H2,15,16,18,19). The lowest BCUT2D eigenvalue weighted by molar-refractivity contribution is -0.126. The molecular weight excluding hydrogens is 344 g/mol. The van der Waals surface area contributed by atoms with Crippen LogP contribution in [0, 0.1) is 0 Å². The minimum atomic E-state index is -0.936. The van der Waals surface area contributed by atoms with Gasteiger partial charge < -0.3 is 14.8 Å². The van der Waals surface area contributed by atoms with Crippen molar-refractivity contribution in [2.75, 3.05) is 14.2 Å². The fourth-order valence-electron chi connectivity index (χ4n) is 1.43. The number of benzene rings is 1. The number of hydrogen-bond acceptors (Lipinski definition) is 5. The van der Waals surface area contributed by atoms with Crippen molar-refractivity contribution in [3.05, 3.63) is 22.2 Å². The Kier molecular flexibility index (Phi) is 6.16. The number of amides is 3. The molecule has 0 heterocycles. The average molecular weight is 359 g/mol. The van der Waals surface area contributed by atoms with Gasteiger partial charge in [0, 0.05) is 12.6 Å². The normalized spacial score (nSPS) is 11.2. The van der Waals surface area contributed by atoms with E-state index in [2.05, 4.69) is 26.6 Å². The van der Waals surface area contributed by atoms with Crippen molar-refractivity contribution in [1.29, 1.82) is 0 Å². The lowest BCUT2D eigenvalue weighted by Gasteiger charge is -2.17. The number of aldehydes is 1. The maximum atomic E-state index is 11.7. The summed E-state index contributed by atoms with van der Waals surface area (Å²) in [6.45, 7) is 1.48. The number of urea groups is 1. The van der Waals surface area contributed by atoms with Crippen molar-refractivity contribution in [3.63, 3.8) is 0 Å². The van der Waals surface area contributed by atoms with Crippen LogP contribution < -0.4 is 20.1 Å². The number of methoxy groups -OCH3 is 1. The van der Waals surface area contributed by atoms with Crippen LogP contribution in [0.5, 0.6) is 11.5 Å². The third-order valence-electron chi connectivity index (χ3n) is 2.52. The molecule has 114 valence electrons. The molecular formula is C13H15BrN2O5. The Morgan fingerprint density at radius 2 is 2.05 bits per heavy atom. The van der Waals surface area contributed by atoms with E-state index in [1.54, 1.807) is 0 Å². The second-order valence-electron chi connectivity index (χ2n) is 3.98. The van der Waals surface area contributed by atoms with Gasteiger partial charge in [0.05, 0.1) is 11.6 Å². The highest BCUT2D eigenvalue weighted by molar-refractivity contribution is 9.10. The van der Waals surface area contributed by atoms with Crippen LogP contribution in [-0.4, -0.2) is 38.5 Å². The molecule has 0 aliphatic heterocycles. The Labute approximate surface area is 130 Å². The van der Waals surface area contributed by atoms with Crippen molar-refractivity contribution in [2.24, 2.45) is 0 Å². The monoisotopic (exact) mass is 358 g/mol. The highest BCUT2D eigenvalue weighted by Crippen LogP contribution is 2.36. The van der Waals surface area contributed by atoms with Crippen molar-refractivity contribution in [2.45, 2.75) is 13.0 Å². The number of rotatable bonds is 5. The van der Waals surface area contributed by atoms with Gasteiger partial charge in [-0.15, -0.1) is 0 Å². The zero-order chi connectivity index (χ0) is 16.0. The lowest BCUT2D eigenvalue weighted by atomic mass is 10.2. The van der Waals surface area contributed by atoms with Gasteiger partial charge in [-0.3, -0.25) is 14.9 Å². The Balaban J connectivity index is 2.94. The van der Waals surface area contributed by atoms with Crippen molar-refractivity contribution in [3.8, 4) is 11.5 Å². The molecule has 3 amide bonds. The summed E-state index contributed by atoms with van der Waals surface area (Å²) in [6.07, 6.45) is -0.270. The highest BCUT2D eigenvalue weighted by Gasteiger charge is 2.21. The summed E-state index contributed by atoms with van der Waals surface area (Å²) in [6, 6.07) is 2.39. The molecule has 0 saturated heterocycles. The summed E-state index contributed by atoms with van der Waals surface area (Å²) in [5, 5.41) is 4.37. The van der Waals surface area contributed by atoms with Gasteiger partial charge in [0.2, 0.25) is 0 Å². The van der Waals surface area contributed by atoms with Crippen molar-refractivity contribution >= 4 is 34.2 Å². The second-order valence-corrected chi connectivity index (χ2v) is 4.83. The molecule has 0 radical (unpaired) electrons. The molecule has 21 heavy (non-hydrogen) atoms. The number of nitrogens with one attached hydrogen (secondary N) is 2. The van der Waals surface area contributed by atoms with Crippen LogP contribution >= 0.6 is 15.9 Å². The van der Waals surface area contributed by atoms with E-state index in [-0.39, 0.29) is 5.75 Å². The zero-order valence-corrected chi connectivity index (χ0v) is 13.3. The molecule has 0 aliphatic rings. The van der Waals surface area contributed by atoms with Crippen LogP contribution in [0.15, 0.2) is 16.6 Å². The number of hydrogen-bond donors (Lipinski definition) is 2. The maximum absolute atomic E-state index is 11.7. The van der Waals surface area contributed by atoms with E-state index in [0.29, 0.717) is 22.1 Å². The minimum absolute atomic E-state index is 0.266. The maximum Gasteiger partial charge on any atom is 0.321 e. The molecule has 0 saturated carbocycles. The summed E-state index contributed by atoms with van der Waals surface area (Å²) in [5.41, 5.74) is 0.397. The van der Waals surface area contributed by atoms with Crippen molar-refractivity contribution in [1.82, 2.24) is 10.6 Å². The first-order valence-electron chi connectivity index (χ1n) is 5.94. The Bertz CT molecular complexity index is 562. The number of carbonyl (C=O) groups is 3. The first-order chi connectivity index (χ1) is 9.92. The molecule has 1 aromatic carbocycles. The van der Waals surface area contributed by atoms with Gasteiger partial charge in [-0.1, -0.05) is 0 Å². The second kappa shape index (κ2) is 7.63. The van der Waals surface area contributed by atoms with Crippen LogP contribution in [0.4, 0.5) is 4.79 Å². The van der Waals surface area contributed by atoms with Gasteiger partial charge in [0.25, 0.3) is 5.91 Å². The largest absolute Gasteiger partial charge is 0.493 e. The van der Waals surface area contributed by atoms with E-state index in [4.69, 9.17) is 9.47 Å². The summed E-state index contributed by atoms with van der Waals surface area (Å²) in [4.78, 5) is 33.6. The SMILES string of the molecule is CNC(=O)NC(=O)C(C)Oc1c(Br)cc(C=O)cc1OC. The molecule has 0 bridgehead atoms. The predicted molar refractivity (Wildman–Crippen MR) is 78.8 cm³/mol. The summed E-state index contributed by atoms with van der Waals surface area (Å²) in [7, 11) is 2.81. The Morgan fingerprint density at radius 3 is 2.57 bits per heavy atom. The first kappa shape index (κ1) is 17.0. The predicted octanol–water partition coefficient (Wildman–Crippen LogP) is 1.49. The lowest BCUT2D eigenvalue weighted by Crippen LogP contribution is -2.44. The molecule has 0 spiro atoms. The zero-order valence-electron chi connectivity index (χ0n) is 11.7. The van der Waals surface area contributed by atoms with Crippen LogP contribution in [0.25, 0.3) is 0 Å². The number of halogens is 1. The fraction of sp³-hybridized carbons (Fsp3) is 0.308. The molecule has 1 atom stereocenters. The quantitative estimate of drug-likeness (QED) is 0.777. The van der Waals surface area contributed by atoms with Crippen LogP contribution in [0.2, 0.25) is 0 Å². The molecule has 1 aromatic rings. The Hall–Kier alpha value is -2.09. The Morgan fingerprint density at radius 1 is 1.38 bits per heavy atom. The van der Waals surface area contributed by atoms with E-state index in [1.165, 1.54) is 33.2 Å². The molecule has 0 aromatic heterocycles. The topological polar surface area (TPSA) is 93.7 Å². The summed E-state index contributed by atoms with van der Waals surface area (Å²) < 4.78 is 11.1. The fourth-order valence-corrected chi connectivity index (χ4v) is 1.98. The third kappa shape index (κ3) is 4.45. The summed E-state index contributed by atoms with van der Waals surface area (Å²) in [5.74, 6) is -0.0449. The summed E-state index contributed by atoms with van der Waals surface area (Å²) >= 11 is 3.25. The number of carbonyl (C=O) groups excluding carboxylic acids is 3. The van der Waals surface area contributed by atoms with Gasteiger partial charge >= 0.3 is 6.03 Å². The first-order valence-corrected chi connectivity index (χ1v) is 6.74.